The van der Waals surface area contributed by atoms with Crippen LogP contribution in [-0.2, 0) is 17.0 Å². The van der Waals surface area contributed by atoms with Crippen molar-refractivity contribution >= 4 is 11.9 Å². The molecule has 3 heterocycles. The average molecular weight is 419 g/mol. The number of hydrogen-bond donors (Lipinski definition) is 1. The Hall–Kier alpha value is -3.81. The zero-order valence-corrected chi connectivity index (χ0v) is 17.5. The summed E-state index contributed by atoms with van der Waals surface area (Å²) in [5.74, 6) is 0.277. The number of carbonyl (C=O) groups is 1. The number of ether oxygens (including phenoxy) is 1. The minimum absolute atomic E-state index is 0.0746. The van der Waals surface area contributed by atoms with E-state index in [-0.39, 0.29) is 17.6 Å². The number of hydrogen-bond acceptors (Lipinski definition) is 6. The van der Waals surface area contributed by atoms with Crippen molar-refractivity contribution in [1.29, 1.82) is 0 Å². The molecule has 2 N–H and O–H groups in total. The summed E-state index contributed by atoms with van der Waals surface area (Å²) in [7, 11) is 3.12. The molecule has 31 heavy (non-hydrogen) atoms. The quantitative estimate of drug-likeness (QED) is 0.686. The van der Waals surface area contributed by atoms with Crippen molar-refractivity contribution in [1.82, 2.24) is 14.9 Å². The van der Waals surface area contributed by atoms with Crippen molar-refractivity contribution in [3.8, 4) is 16.9 Å². The molecule has 1 unspecified atom stereocenters. The number of pyridine rings is 2. The summed E-state index contributed by atoms with van der Waals surface area (Å²) in [5, 5.41) is 0. The highest BCUT2D eigenvalue weighted by atomic mass is 19.1. The molecule has 7 nitrogen and oxygen atoms in total. The molecule has 0 saturated heterocycles. The van der Waals surface area contributed by atoms with E-state index < -0.39 is 12.2 Å². The second kappa shape index (κ2) is 7.79. The standard InChI is InChI=1S/C23H22FN5O2/c1-14-20(5-4-7-26-14)15-9-17(12-19(10-15)31-3)23(21(30)29(2)22(25)28-23)16-6-8-27-18(11-16)13-24/h4-12H,13H2,1-3H3,(H2,25,28). The second-order valence-electron chi connectivity index (χ2n) is 7.30. The zero-order valence-electron chi connectivity index (χ0n) is 17.5. The van der Waals surface area contributed by atoms with Gasteiger partial charge in [-0.05, 0) is 60.0 Å². The van der Waals surface area contributed by atoms with Gasteiger partial charge >= 0.3 is 0 Å². The third-order valence-corrected chi connectivity index (χ3v) is 5.49. The molecule has 3 aromatic rings. The largest absolute Gasteiger partial charge is 0.497 e. The first kappa shape index (κ1) is 20.5. The van der Waals surface area contributed by atoms with Crippen molar-refractivity contribution < 1.29 is 13.9 Å². The van der Waals surface area contributed by atoms with Gasteiger partial charge in [0, 0.05) is 30.7 Å². The van der Waals surface area contributed by atoms with Gasteiger partial charge < -0.3 is 10.5 Å². The van der Waals surface area contributed by atoms with Crippen molar-refractivity contribution in [2.24, 2.45) is 10.7 Å². The number of aliphatic imine (C=N–C) groups is 1. The van der Waals surface area contributed by atoms with Crippen molar-refractivity contribution in [2.45, 2.75) is 19.1 Å². The molecule has 1 aromatic carbocycles. The molecular weight excluding hydrogens is 397 g/mol. The van der Waals surface area contributed by atoms with Gasteiger partial charge in [0.25, 0.3) is 5.91 Å². The van der Waals surface area contributed by atoms with Gasteiger partial charge in [0.15, 0.2) is 11.5 Å². The summed E-state index contributed by atoms with van der Waals surface area (Å²) in [6, 6.07) is 12.5. The maximum absolute atomic E-state index is 13.5. The van der Waals surface area contributed by atoms with Crippen LogP contribution in [0.3, 0.4) is 0 Å². The van der Waals surface area contributed by atoms with E-state index in [2.05, 4.69) is 15.0 Å². The Kier molecular flexibility index (Phi) is 5.14. The number of methoxy groups -OCH3 is 1. The minimum atomic E-state index is -1.48. The first-order valence-electron chi connectivity index (χ1n) is 9.67. The van der Waals surface area contributed by atoms with Gasteiger partial charge in [-0.3, -0.25) is 19.7 Å². The van der Waals surface area contributed by atoms with E-state index in [1.807, 2.05) is 31.2 Å². The fourth-order valence-corrected chi connectivity index (χ4v) is 3.83. The van der Waals surface area contributed by atoms with Crippen LogP contribution in [-0.4, -0.2) is 40.9 Å². The molecule has 0 bridgehead atoms. The normalized spacial score (nSPS) is 18.3. The molecule has 0 fully saturated rings. The number of alkyl halides is 1. The second-order valence-corrected chi connectivity index (χ2v) is 7.30. The van der Waals surface area contributed by atoms with E-state index >= 15 is 0 Å². The minimum Gasteiger partial charge on any atom is -0.497 e. The predicted molar refractivity (Wildman–Crippen MR) is 115 cm³/mol. The predicted octanol–water partition coefficient (Wildman–Crippen LogP) is 2.96. The molecule has 1 aliphatic heterocycles. The Labute approximate surface area is 179 Å². The van der Waals surface area contributed by atoms with Gasteiger partial charge in [-0.15, -0.1) is 0 Å². The van der Waals surface area contributed by atoms with E-state index in [4.69, 9.17) is 10.5 Å². The van der Waals surface area contributed by atoms with E-state index in [0.29, 0.717) is 16.9 Å². The van der Waals surface area contributed by atoms with E-state index in [0.717, 1.165) is 16.8 Å². The molecule has 2 aromatic heterocycles. The van der Waals surface area contributed by atoms with Crippen LogP contribution in [0.5, 0.6) is 5.75 Å². The molecule has 1 atom stereocenters. The number of likely N-dealkylation sites (N-methyl/N-ethyl adjacent to an activating group) is 1. The highest BCUT2D eigenvalue weighted by molar-refractivity contribution is 6.09. The zero-order chi connectivity index (χ0) is 22.2. The number of nitrogens with two attached hydrogens (primary N) is 1. The topological polar surface area (TPSA) is 93.7 Å². The molecule has 0 radical (unpaired) electrons. The van der Waals surface area contributed by atoms with Crippen LogP contribution in [0.4, 0.5) is 4.39 Å². The summed E-state index contributed by atoms with van der Waals surface area (Å²) in [6.45, 7) is 1.15. The summed E-state index contributed by atoms with van der Waals surface area (Å²) < 4.78 is 18.9. The summed E-state index contributed by atoms with van der Waals surface area (Å²) in [5.41, 5.74) is 8.36. The summed E-state index contributed by atoms with van der Waals surface area (Å²) in [4.78, 5) is 27.8. The van der Waals surface area contributed by atoms with Crippen molar-refractivity contribution in [2.75, 3.05) is 14.2 Å². The third-order valence-electron chi connectivity index (χ3n) is 5.49. The van der Waals surface area contributed by atoms with Crippen LogP contribution >= 0.6 is 0 Å². The van der Waals surface area contributed by atoms with E-state index in [1.165, 1.54) is 11.1 Å². The van der Waals surface area contributed by atoms with Crippen LogP contribution < -0.4 is 10.5 Å². The Bertz CT molecular complexity index is 1200. The molecular formula is C23H22FN5O2. The van der Waals surface area contributed by atoms with E-state index in [9.17, 15) is 9.18 Å². The maximum atomic E-state index is 13.5. The molecule has 0 aliphatic carbocycles. The number of nitrogens with zero attached hydrogens (tertiary/aromatic N) is 4. The number of rotatable bonds is 5. The number of amides is 1. The number of benzene rings is 1. The van der Waals surface area contributed by atoms with Gasteiger partial charge in [0.2, 0.25) is 0 Å². The third kappa shape index (κ3) is 3.30. The SMILES string of the molecule is COc1cc(-c2cccnc2C)cc(C2(c3ccnc(CF)c3)N=C(N)N(C)C2=O)c1. The number of halogens is 1. The Morgan fingerprint density at radius 3 is 2.58 bits per heavy atom. The summed E-state index contributed by atoms with van der Waals surface area (Å²) >= 11 is 0. The Morgan fingerprint density at radius 2 is 1.94 bits per heavy atom. The maximum Gasteiger partial charge on any atom is 0.266 e. The van der Waals surface area contributed by atoms with Crippen LogP contribution in [0.1, 0.15) is 22.5 Å². The number of carbonyl (C=O) groups excluding carboxylic acids is 1. The number of guanidine groups is 1. The molecule has 0 spiro atoms. The molecule has 0 saturated carbocycles. The molecule has 158 valence electrons. The van der Waals surface area contributed by atoms with Gasteiger partial charge in [-0.25, -0.2) is 9.38 Å². The van der Waals surface area contributed by atoms with Crippen molar-refractivity contribution in [3.05, 3.63) is 77.4 Å². The van der Waals surface area contributed by atoms with E-state index in [1.54, 1.807) is 38.6 Å². The van der Waals surface area contributed by atoms with Gasteiger partial charge in [0.05, 0.1) is 12.8 Å². The lowest BCUT2D eigenvalue weighted by Gasteiger charge is -2.27. The lowest BCUT2D eigenvalue weighted by molar-refractivity contribution is -0.129. The summed E-state index contributed by atoms with van der Waals surface area (Å²) in [6.07, 6.45) is 3.19. The van der Waals surface area contributed by atoms with Gasteiger partial charge in [-0.1, -0.05) is 6.07 Å². The lowest BCUT2D eigenvalue weighted by Crippen LogP contribution is -2.41. The van der Waals surface area contributed by atoms with Gasteiger partial charge in [0.1, 0.15) is 12.4 Å². The average Bonchev–Trinajstić information content (AvgIpc) is 3.03. The molecule has 1 aliphatic rings. The monoisotopic (exact) mass is 419 g/mol. The Morgan fingerprint density at radius 1 is 1.13 bits per heavy atom. The molecule has 4 rings (SSSR count). The molecule has 1 amide bonds. The van der Waals surface area contributed by atoms with Crippen LogP contribution in [0.2, 0.25) is 0 Å². The first-order valence-corrected chi connectivity index (χ1v) is 9.67. The smallest absolute Gasteiger partial charge is 0.266 e. The van der Waals surface area contributed by atoms with Crippen molar-refractivity contribution in [3.63, 3.8) is 0 Å². The highest BCUT2D eigenvalue weighted by Crippen LogP contribution is 2.42. The Balaban J connectivity index is 2.02. The fraction of sp³-hybridized carbons (Fsp3) is 0.217. The van der Waals surface area contributed by atoms with Gasteiger partial charge in [-0.2, -0.15) is 0 Å². The number of aromatic nitrogens is 2. The molecule has 8 heteroatoms. The lowest BCUT2D eigenvalue weighted by atomic mass is 9.81. The first-order chi connectivity index (χ1) is 14.9. The highest BCUT2D eigenvalue weighted by Gasteiger charge is 2.50. The van der Waals surface area contributed by atoms with Crippen LogP contribution in [0.25, 0.3) is 11.1 Å². The fourth-order valence-electron chi connectivity index (χ4n) is 3.83. The van der Waals surface area contributed by atoms with Crippen LogP contribution in [0, 0.1) is 6.92 Å². The number of aryl methyl sites for hydroxylation is 1. The van der Waals surface area contributed by atoms with Crippen LogP contribution in [0.15, 0.2) is 59.9 Å².